The number of hydrogen-bond acceptors (Lipinski definition) is 5. The van der Waals surface area contributed by atoms with E-state index in [0.29, 0.717) is 5.92 Å². The Morgan fingerprint density at radius 3 is 2.82 bits per heavy atom. The number of imidazole rings is 1. The van der Waals surface area contributed by atoms with E-state index in [9.17, 15) is 5.11 Å². The highest BCUT2D eigenvalue weighted by molar-refractivity contribution is 5.62. The molecule has 1 aliphatic rings. The van der Waals surface area contributed by atoms with E-state index in [4.69, 9.17) is 0 Å². The molecule has 4 rings (SSSR count). The molecule has 1 aliphatic carbocycles. The monoisotopic (exact) mass is 298 g/mol. The Morgan fingerprint density at radius 2 is 2.00 bits per heavy atom. The van der Waals surface area contributed by atoms with Crippen LogP contribution in [0, 0.1) is 5.92 Å². The number of nitrogens with zero attached hydrogens (tertiary/aromatic N) is 5. The zero-order valence-electron chi connectivity index (χ0n) is 12.1. The van der Waals surface area contributed by atoms with Gasteiger partial charge in [-0.2, -0.15) is 5.10 Å². The zero-order valence-corrected chi connectivity index (χ0v) is 12.1. The van der Waals surface area contributed by atoms with Gasteiger partial charge in [-0.3, -0.25) is 4.68 Å². The van der Waals surface area contributed by atoms with Crippen LogP contribution in [0.5, 0.6) is 0 Å². The molecule has 22 heavy (non-hydrogen) atoms. The molecule has 0 saturated heterocycles. The average Bonchev–Trinajstić information content (AvgIpc) is 3.22. The third-order valence-electron chi connectivity index (χ3n) is 4.26. The second-order valence-electron chi connectivity index (χ2n) is 5.82. The number of nitrogens with one attached hydrogen (secondary N) is 1. The Morgan fingerprint density at radius 1 is 1.14 bits per heavy atom. The van der Waals surface area contributed by atoms with Gasteiger partial charge in [-0.05, 0) is 24.8 Å². The van der Waals surface area contributed by atoms with Gasteiger partial charge in [0.25, 0.3) is 0 Å². The maximum Gasteiger partial charge on any atom is 0.180 e. The maximum atomic E-state index is 10.3. The van der Waals surface area contributed by atoms with E-state index in [1.807, 2.05) is 33.7 Å². The van der Waals surface area contributed by atoms with E-state index >= 15 is 0 Å². The number of anilines is 1. The molecule has 1 unspecified atom stereocenters. The molecule has 3 atom stereocenters. The topological polar surface area (TPSA) is 80.3 Å². The van der Waals surface area contributed by atoms with E-state index < -0.39 is 0 Å². The van der Waals surface area contributed by atoms with Gasteiger partial charge in [0, 0.05) is 43.7 Å². The molecule has 2 N–H and O–H groups in total. The van der Waals surface area contributed by atoms with Crippen LogP contribution in [0.2, 0.25) is 0 Å². The number of aliphatic hydroxyl groups is 1. The quantitative estimate of drug-likeness (QED) is 0.756. The summed E-state index contributed by atoms with van der Waals surface area (Å²) in [5.74, 6) is 1.13. The van der Waals surface area contributed by atoms with Gasteiger partial charge in [-0.25, -0.2) is 9.97 Å². The second-order valence-corrected chi connectivity index (χ2v) is 5.82. The van der Waals surface area contributed by atoms with E-state index in [0.717, 1.165) is 30.9 Å². The van der Waals surface area contributed by atoms with Gasteiger partial charge in [0.1, 0.15) is 0 Å². The van der Waals surface area contributed by atoms with Crippen LogP contribution >= 0.6 is 0 Å². The highest BCUT2D eigenvalue weighted by Crippen LogP contribution is 2.30. The van der Waals surface area contributed by atoms with Crippen LogP contribution in [0.15, 0.2) is 43.2 Å². The van der Waals surface area contributed by atoms with Crippen molar-refractivity contribution in [3.63, 3.8) is 0 Å². The lowest BCUT2D eigenvalue weighted by Crippen LogP contribution is -2.28. The molecule has 1 fully saturated rings. The summed E-state index contributed by atoms with van der Waals surface area (Å²) < 4.78 is 3.84. The first-order valence-corrected chi connectivity index (χ1v) is 7.49. The molecule has 0 aliphatic heterocycles. The van der Waals surface area contributed by atoms with Crippen LogP contribution in [0.1, 0.15) is 12.8 Å². The summed E-state index contributed by atoms with van der Waals surface area (Å²) >= 11 is 0. The first kappa shape index (κ1) is 13.3. The van der Waals surface area contributed by atoms with Crippen LogP contribution in [0.4, 0.5) is 5.82 Å². The third kappa shape index (κ3) is 2.43. The van der Waals surface area contributed by atoms with Crippen molar-refractivity contribution in [2.75, 3.05) is 5.32 Å². The molecular formula is C15H18N6O. The number of rotatable bonds is 4. The average molecular weight is 298 g/mol. The lowest BCUT2D eigenvalue weighted by atomic mass is 10.1. The van der Waals surface area contributed by atoms with Crippen molar-refractivity contribution >= 4 is 11.5 Å². The number of aromatic nitrogens is 5. The minimum atomic E-state index is -0.377. The van der Waals surface area contributed by atoms with Crippen LogP contribution in [0.25, 0.3) is 5.65 Å². The molecule has 3 heterocycles. The molecule has 0 bridgehead atoms. The van der Waals surface area contributed by atoms with Gasteiger partial charge in [-0.1, -0.05) is 0 Å². The Hall–Kier alpha value is -2.41. The molecule has 1 saturated carbocycles. The van der Waals surface area contributed by atoms with Crippen LogP contribution < -0.4 is 5.32 Å². The fraction of sp³-hybridized carbons (Fsp3) is 0.400. The Labute approximate surface area is 127 Å². The van der Waals surface area contributed by atoms with Gasteiger partial charge >= 0.3 is 0 Å². The smallest absolute Gasteiger partial charge is 0.180 e. The highest BCUT2D eigenvalue weighted by atomic mass is 16.3. The molecular weight excluding hydrogens is 280 g/mol. The van der Waals surface area contributed by atoms with E-state index in [1.165, 1.54) is 0 Å². The SMILES string of the molecule is O[C@@H]1CC(Cn2cccn2)C[C@H]1Nc1nccn2ccnc12. The summed E-state index contributed by atoms with van der Waals surface area (Å²) in [5.41, 5.74) is 0.783. The second kappa shape index (κ2) is 5.42. The summed E-state index contributed by atoms with van der Waals surface area (Å²) in [7, 11) is 0. The van der Waals surface area contributed by atoms with Gasteiger partial charge < -0.3 is 14.8 Å². The van der Waals surface area contributed by atoms with Crippen LogP contribution in [0.3, 0.4) is 0 Å². The molecule has 3 aromatic heterocycles. The van der Waals surface area contributed by atoms with Crippen molar-refractivity contribution in [1.82, 2.24) is 24.1 Å². The first-order chi connectivity index (χ1) is 10.8. The molecule has 0 amide bonds. The van der Waals surface area contributed by atoms with Gasteiger partial charge in [0.2, 0.25) is 0 Å². The van der Waals surface area contributed by atoms with Gasteiger partial charge in [0.15, 0.2) is 11.5 Å². The van der Waals surface area contributed by atoms with Crippen LogP contribution in [-0.2, 0) is 6.54 Å². The predicted molar refractivity (Wildman–Crippen MR) is 81.4 cm³/mol. The van der Waals surface area contributed by atoms with Crippen molar-refractivity contribution < 1.29 is 5.11 Å². The largest absolute Gasteiger partial charge is 0.391 e. The zero-order chi connectivity index (χ0) is 14.9. The molecule has 7 nitrogen and oxygen atoms in total. The molecule has 0 aromatic carbocycles. The summed E-state index contributed by atoms with van der Waals surface area (Å²) in [6.07, 6.45) is 12.3. The van der Waals surface area contributed by atoms with E-state index in [2.05, 4.69) is 20.4 Å². The Balaban J connectivity index is 1.48. The van der Waals surface area contributed by atoms with E-state index in [-0.39, 0.29) is 12.1 Å². The number of fused-ring (bicyclic) bond motifs is 1. The minimum absolute atomic E-state index is 0.00374. The summed E-state index contributed by atoms with van der Waals surface area (Å²) in [6.45, 7) is 0.837. The highest BCUT2D eigenvalue weighted by Gasteiger charge is 2.33. The standard InChI is InChI=1S/C15H18N6O/c22-13-9-11(10-21-5-1-2-18-21)8-12(13)19-14-15-17-4-7-20(15)6-3-16-14/h1-7,11-13,22H,8-10H2,(H,16,19)/t11?,12-,13-/m1/s1. The lowest BCUT2D eigenvalue weighted by Gasteiger charge is -2.17. The third-order valence-corrected chi connectivity index (χ3v) is 4.26. The molecule has 114 valence electrons. The number of hydrogen-bond donors (Lipinski definition) is 2. The van der Waals surface area contributed by atoms with Gasteiger partial charge in [0.05, 0.1) is 12.1 Å². The number of aliphatic hydroxyl groups excluding tert-OH is 1. The Bertz CT molecular complexity index is 752. The predicted octanol–water partition coefficient (Wildman–Crippen LogP) is 1.18. The lowest BCUT2D eigenvalue weighted by molar-refractivity contribution is 0.166. The molecule has 3 aromatic rings. The van der Waals surface area contributed by atoms with Crippen molar-refractivity contribution in [2.45, 2.75) is 31.5 Å². The minimum Gasteiger partial charge on any atom is -0.391 e. The summed E-state index contributed by atoms with van der Waals surface area (Å²) in [5, 5.41) is 17.9. The maximum absolute atomic E-state index is 10.3. The Kier molecular flexibility index (Phi) is 3.27. The van der Waals surface area contributed by atoms with E-state index in [1.54, 1.807) is 18.6 Å². The normalized spacial score (nSPS) is 24.9. The van der Waals surface area contributed by atoms with Crippen LogP contribution in [-0.4, -0.2) is 41.4 Å². The first-order valence-electron chi connectivity index (χ1n) is 7.49. The summed E-state index contributed by atoms with van der Waals surface area (Å²) in [6, 6.07) is 1.92. The van der Waals surface area contributed by atoms with Crippen molar-refractivity contribution in [2.24, 2.45) is 5.92 Å². The fourth-order valence-corrected chi connectivity index (χ4v) is 3.23. The molecule has 0 radical (unpaired) electrons. The molecule has 7 heteroatoms. The van der Waals surface area contributed by atoms with Crippen molar-refractivity contribution in [3.8, 4) is 0 Å². The summed E-state index contributed by atoms with van der Waals surface area (Å²) in [4.78, 5) is 8.66. The fourth-order valence-electron chi connectivity index (χ4n) is 3.23. The van der Waals surface area contributed by atoms with Crippen molar-refractivity contribution in [1.29, 1.82) is 0 Å². The van der Waals surface area contributed by atoms with Gasteiger partial charge in [-0.15, -0.1) is 0 Å². The molecule has 0 spiro atoms. The van der Waals surface area contributed by atoms with Crippen molar-refractivity contribution in [3.05, 3.63) is 43.2 Å².